The van der Waals surface area contributed by atoms with Crippen LogP contribution in [0.25, 0.3) is 0 Å². The summed E-state index contributed by atoms with van der Waals surface area (Å²) in [6.07, 6.45) is 7.73. The Bertz CT molecular complexity index is 235. The first kappa shape index (κ1) is 13.8. The van der Waals surface area contributed by atoms with E-state index in [1.807, 2.05) is 20.8 Å². The smallest absolute Gasteiger partial charge is 0.408 e. The van der Waals surface area contributed by atoms with Gasteiger partial charge in [-0.3, -0.25) is 0 Å². The topological polar surface area (TPSA) is 38.3 Å². The van der Waals surface area contributed by atoms with Gasteiger partial charge in [0.15, 0.2) is 0 Å². The highest BCUT2D eigenvalue weighted by Crippen LogP contribution is 2.07. The van der Waals surface area contributed by atoms with Gasteiger partial charge < -0.3 is 10.1 Å². The van der Waals surface area contributed by atoms with Gasteiger partial charge in [0.1, 0.15) is 5.60 Å². The van der Waals surface area contributed by atoms with E-state index in [4.69, 9.17) is 11.2 Å². The standard InChI is InChI=1S/C12H21NO2/c1-6-8-9-10(7-2)13-11(14)15-12(3,4)5/h2,10H,6,8-9H2,1,3-5H3,(H,13,14)/t10-/m1/s1. The fraction of sp³-hybridized carbons (Fsp3) is 0.750. The van der Waals surface area contributed by atoms with Gasteiger partial charge in [-0.25, -0.2) is 4.79 Å². The molecule has 0 saturated heterocycles. The summed E-state index contributed by atoms with van der Waals surface area (Å²) >= 11 is 0. The average molecular weight is 211 g/mol. The Hall–Kier alpha value is -1.17. The van der Waals surface area contributed by atoms with Crippen LogP contribution >= 0.6 is 0 Å². The van der Waals surface area contributed by atoms with Crippen LogP contribution in [-0.2, 0) is 4.74 Å². The molecule has 0 aliphatic carbocycles. The molecular formula is C12H21NO2. The predicted molar refractivity (Wildman–Crippen MR) is 61.5 cm³/mol. The molecule has 86 valence electrons. The van der Waals surface area contributed by atoms with Crippen LogP contribution in [0, 0.1) is 12.3 Å². The molecule has 0 aliphatic heterocycles. The fourth-order valence-electron chi connectivity index (χ4n) is 1.06. The van der Waals surface area contributed by atoms with E-state index < -0.39 is 11.7 Å². The lowest BCUT2D eigenvalue weighted by atomic mass is 10.1. The van der Waals surface area contributed by atoms with Crippen molar-refractivity contribution in [2.75, 3.05) is 0 Å². The Balaban J connectivity index is 3.98. The Morgan fingerprint density at radius 3 is 2.53 bits per heavy atom. The first-order chi connectivity index (χ1) is 6.89. The highest BCUT2D eigenvalue weighted by atomic mass is 16.6. The van der Waals surface area contributed by atoms with Crippen molar-refractivity contribution >= 4 is 6.09 Å². The van der Waals surface area contributed by atoms with Gasteiger partial charge in [0.05, 0.1) is 6.04 Å². The van der Waals surface area contributed by atoms with Crippen LogP contribution in [0.15, 0.2) is 0 Å². The zero-order valence-corrected chi connectivity index (χ0v) is 10.1. The number of hydrogen-bond acceptors (Lipinski definition) is 2. The average Bonchev–Trinajstić information content (AvgIpc) is 2.09. The molecule has 0 aromatic rings. The van der Waals surface area contributed by atoms with Gasteiger partial charge in [-0.2, -0.15) is 0 Å². The maximum absolute atomic E-state index is 11.4. The maximum Gasteiger partial charge on any atom is 0.408 e. The summed E-state index contributed by atoms with van der Waals surface area (Å²) in [5, 5.41) is 2.66. The van der Waals surface area contributed by atoms with Crippen molar-refractivity contribution in [3.05, 3.63) is 0 Å². The normalized spacial score (nSPS) is 12.7. The second-order valence-electron chi connectivity index (χ2n) is 4.51. The molecule has 0 radical (unpaired) electrons. The third-order valence-electron chi connectivity index (χ3n) is 1.74. The summed E-state index contributed by atoms with van der Waals surface area (Å²) in [6.45, 7) is 7.55. The van der Waals surface area contributed by atoms with Crippen molar-refractivity contribution < 1.29 is 9.53 Å². The minimum atomic E-state index is -0.478. The molecule has 0 aliphatic rings. The number of unbranched alkanes of at least 4 members (excludes halogenated alkanes) is 1. The molecule has 3 heteroatoms. The minimum absolute atomic E-state index is 0.222. The van der Waals surface area contributed by atoms with Gasteiger partial charge in [0, 0.05) is 0 Å². The number of amides is 1. The van der Waals surface area contributed by atoms with E-state index in [0.29, 0.717) is 0 Å². The Morgan fingerprint density at radius 1 is 1.53 bits per heavy atom. The first-order valence-electron chi connectivity index (χ1n) is 5.34. The number of nitrogens with one attached hydrogen (secondary N) is 1. The van der Waals surface area contributed by atoms with E-state index in [0.717, 1.165) is 19.3 Å². The SMILES string of the molecule is C#C[C@H](CCCC)NC(=O)OC(C)(C)C. The number of rotatable bonds is 4. The zero-order valence-electron chi connectivity index (χ0n) is 10.1. The van der Waals surface area contributed by atoms with Crippen LogP contribution in [0.5, 0.6) is 0 Å². The van der Waals surface area contributed by atoms with E-state index in [2.05, 4.69) is 18.2 Å². The van der Waals surface area contributed by atoms with Crippen LogP contribution in [-0.4, -0.2) is 17.7 Å². The molecule has 1 N–H and O–H groups in total. The lowest BCUT2D eigenvalue weighted by Crippen LogP contribution is -2.38. The summed E-state index contributed by atoms with van der Waals surface area (Å²) in [4.78, 5) is 11.4. The van der Waals surface area contributed by atoms with Gasteiger partial charge in [-0.1, -0.05) is 25.7 Å². The Morgan fingerprint density at radius 2 is 2.13 bits per heavy atom. The minimum Gasteiger partial charge on any atom is -0.444 e. The fourth-order valence-corrected chi connectivity index (χ4v) is 1.06. The number of ether oxygens (including phenoxy) is 1. The number of hydrogen-bond donors (Lipinski definition) is 1. The largest absolute Gasteiger partial charge is 0.444 e. The van der Waals surface area contributed by atoms with E-state index in [9.17, 15) is 4.79 Å². The van der Waals surface area contributed by atoms with Crippen molar-refractivity contribution in [3.63, 3.8) is 0 Å². The third-order valence-corrected chi connectivity index (χ3v) is 1.74. The number of terminal acetylenes is 1. The molecule has 0 fully saturated rings. The molecular weight excluding hydrogens is 190 g/mol. The molecule has 1 amide bonds. The second kappa shape index (κ2) is 6.34. The monoisotopic (exact) mass is 211 g/mol. The van der Waals surface area contributed by atoms with E-state index in [-0.39, 0.29) is 6.04 Å². The van der Waals surface area contributed by atoms with Crippen molar-refractivity contribution in [1.82, 2.24) is 5.32 Å². The van der Waals surface area contributed by atoms with E-state index in [1.165, 1.54) is 0 Å². The molecule has 0 rings (SSSR count). The molecule has 0 spiro atoms. The van der Waals surface area contributed by atoms with Crippen LogP contribution in [0.1, 0.15) is 47.0 Å². The molecule has 0 saturated carbocycles. The number of alkyl carbamates (subject to hydrolysis) is 1. The maximum atomic E-state index is 11.4. The van der Waals surface area contributed by atoms with Gasteiger partial charge in [0.2, 0.25) is 0 Å². The van der Waals surface area contributed by atoms with E-state index in [1.54, 1.807) is 0 Å². The summed E-state index contributed by atoms with van der Waals surface area (Å²) < 4.78 is 5.10. The van der Waals surface area contributed by atoms with Crippen molar-refractivity contribution in [1.29, 1.82) is 0 Å². The summed E-state index contributed by atoms with van der Waals surface area (Å²) in [6, 6.07) is -0.222. The van der Waals surface area contributed by atoms with Crippen LogP contribution < -0.4 is 5.32 Å². The Kier molecular flexibility index (Phi) is 5.84. The summed E-state index contributed by atoms with van der Waals surface area (Å²) in [5.41, 5.74) is -0.478. The quantitative estimate of drug-likeness (QED) is 0.726. The van der Waals surface area contributed by atoms with Gasteiger partial charge >= 0.3 is 6.09 Å². The van der Waals surface area contributed by atoms with Crippen LogP contribution in [0.3, 0.4) is 0 Å². The lowest BCUT2D eigenvalue weighted by Gasteiger charge is -2.21. The van der Waals surface area contributed by atoms with Gasteiger partial charge in [0.25, 0.3) is 0 Å². The molecule has 0 heterocycles. The molecule has 0 bridgehead atoms. The molecule has 0 aromatic carbocycles. The van der Waals surface area contributed by atoms with Crippen molar-refractivity contribution in [3.8, 4) is 12.3 Å². The highest BCUT2D eigenvalue weighted by molar-refractivity contribution is 5.68. The van der Waals surface area contributed by atoms with Crippen LogP contribution in [0.4, 0.5) is 4.79 Å². The Labute approximate surface area is 92.6 Å². The predicted octanol–water partition coefficient (Wildman–Crippen LogP) is 2.70. The van der Waals surface area contributed by atoms with Crippen molar-refractivity contribution in [2.24, 2.45) is 0 Å². The summed E-state index contributed by atoms with van der Waals surface area (Å²) in [5.74, 6) is 2.54. The lowest BCUT2D eigenvalue weighted by molar-refractivity contribution is 0.0514. The highest BCUT2D eigenvalue weighted by Gasteiger charge is 2.17. The zero-order chi connectivity index (χ0) is 11.9. The van der Waals surface area contributed by atoms with Crippen molar-refractivity contribution in [2.45, 2.75) is 58.6 Å². The molecule has 0 aromatic heterocycles. The molecule has 0 unspecified atom stereocenters. The molecule has 1 atom stereocenters. The van der Waals surface area contributed by atoms with E-state index >= 15 is 0 Å². The van der Waals surface area contributed by atoms with Gasteiger partial charge in [-0.05, 0) is 27.2 Å². The molecule has 15 heavy (non-hydrogen) atoms. The van der Waals surface area contributed by atoms with Gasteiger partial charge in [-0.15, -0.1) is 6.42 Å². The first-order valence-corrected chi connectivity index (χ1v) is 5.34. The second-order valence-corrected chi connectivity index (χ2v) is 4.51. The number of carbonyl (C=O) groups excluding carboxylic acids is 1. The molecule has 3 nitrogen and oxygen atoms in total. The third kappa shape index (κ3) is 7.87. The van der Waals surface area contributed by atoms with Crippen LogP contribution in [0.2, 0.25) is 0 Å². The summed E-state index contributed by atoms with van der Waals surface area (Å²) in [7, 11) is 0. The number of carbonyl (C=O) groups is 1.